The Balaban J connectivity index is 1.84. The van der Waals surface area contributed by atoms with Crippen LogP contribution in [0, 0.1) is 0 Å². The first-order chi connectivity index (χ1) is 12.0. The molecule has 2 fully saturated rings. The highest BCUT2D eigenvalue weighted by Crippen LogP contribution is 2.40. The second kappa shape index (κ2) is 5.77. The molecule has 130 valence electrons. The summed E-state index contributed by atoms with van der Waals surface area (Å²) >= 11 is 0. The SMILES string of the molecule is COc1ccccc1N1C(=O)N(c2ccccc2)[C@H]2CS(=O)(=O)C[C@@H]21. The fraction of sp³-hybridized carbons (Fsp3) is 0.278. The normalized spacial score (nSPS) is 24.4. The molecule has 2 aliphatic heterocycles. The highest BCUT2D eigenvalue weighted by molar-refractivity contribution is 7.91. The molecule has 0 unspecified atom stereocenters. The Morgan fingerprint density at radius 2 is 1.52 bits per heavy atom. The van der Waals surface area contributed by atoms with Gasteiger partial charge >= 0.3 is 6.03 Å². The first kappa shape index (κ1) is 16.0. The Hall–Kier alpha value is -2.54. The number of anilines is 2. The molecule has 2 aliphatic rings. The van der Waals surface area contributed by atoms with Crippen molar-refractivity contribution in [3.63, 3.8) is 0 Å². The summed E-state index contributed by atoms with van der Waals surface area (Å²) < 4.78 is 29.9. The van der Waals surface area contributed by atoms with Crippen molar-refractivity contribution >= 4 is 27.2 Å². The van der Waals surface area contributed by atoms with E-state index in [1.54, 1.807) is 21.9 Å². The van der Waals surface area contributed by atoms with Crippen LogP contribution in [0.1, 0.15) is 0 Å². The number of methoxy groups -OCH3 is 1. The van der Waals surface area contributed by atoms with Gasteiger partial charge in [-0.3, -0.25) is 9.80 Å². The van der Waals surface area contributed by atoms with E-state index in [9.17, 15) is 13.2 Å². The fourth-order valence-electron chi connectivity index (χ4n) is 3.70. The van der Waals surface area contributed by atoms with Crippen LogP contribution in [-0.4, -0.2) is 45.1 Å². The summed E-state index contributed by atoms with van der Waals surface area (Å²) in [5.41, 5.74) is 1.30. The minimum Gasteiger partial charge on any atom is -0.495 e. The van der Waals surface area contributed by atoms with Crippen molar-refractivity contribution in [3.05, 3.63) is 54.6 Å². The van der Waals surface area contributed by atoms with Crippen LogP contribution in [0.25, 0.3) is 0 Å². The molecule has 2 aromatic rings. The fourth-order valence-corrected chi connectivity index (χ4v) is 5.62. The highest BCUT2D eigenvalue weighted by Gasteiger charge is 2.54. The third-order valence-electron chi connectivity index (χ3n) is 4.75. The Labute approximate surface area is 146 Å². The largest absolute Gasteiger partial charge is 0.495 e. The minimum atomic E-state index is -3.21. The average Bonchev–Trinajstić information content (AvgIpc) is 3.04. The van der Waals surface area contributed by atoms with Gasteiger partial charge in [0.1, 0.15) is 5.75 Å². The van der Waals surface area contributed by atoms with Gasteiger partial charge in [-0.1, -0.05) is 30.3 Å². The third kappa shape index (κ3) is 2.55. The zero-order valence-corrected chi connectivity index (χ0v) is 14.5. The summed E-state index contributed by atoms with van der Waals surface area (Å²) in [4.78, 5) is 16.4. The lowest BCUT2D eigenvalue weighted by molar-refractivity contribution is 0.255. The van der Waals surface area contributed by atoms with Gasteiger partial charge in [0.2, 0.25) is 0 Å². The molecule has 0 bridgehead atoms. The molecule has 0 aliphatic carbocycles. The molecule has 6 nitrogen and oxygen atoms in total. The van der Waals surface area contributed by atoms with Gasteiger partial charge in [0, 0.05) is 5.69 Å². The molecule has 4 rings (SSSR count). The molecule has 2 saturated heterocycles. The Morgan fingerprint density at radius 3 is 2.20 bits per heavy atom. The molecule has 25 heavy (non-hydrogen) atoms. The van der Waals surface area contributed by atoms with Gasteiger partial charge in [0.15, 0.2) is 9.84 Å². The van der Waals surface area contributed by atoms with Gasteiger partial charge in [-0.15, -0.1) is 0 Å². The smallest absolute Gasteiger partial charge is 0.329 e. The lowest BCUT2D eigenvalue weighted by atomic mass is 10.1. The highest BCUT2D eigenvalue weighted by atomic mass is 32.2. The maximum absolute atomic E-state index is 13.2. The van der Waals surface area contributed by atoms with E-state index in [2.05, 4.69) is 0 Å². The Morgan fingerprint density at radius 1 is 0.920 bits per heavy atom. The number of hydrogen-bond donors (Lipinski definition) is 0. The van der Waals surface area contributed by atoms with Crippen molar-refractivity contribution in [1.29, 1.82) is 0 Å². The Bertz CT molecular complexity index is 914. The van der Waals surface area contributed by atoms with Crippen LogP contribution >= 0.6 is 0 Å². The first-order valence-electron chi connectivity index (χ1n) is 8.03. The molecule has 2 heterocycles. The minimum absolute atomic E-state index is 0.0239. The number of sulfone groups is 1. The van der Waals surface area contributed by atoms with Crippen molar-refractivity contribution in [2.75, 3.05) is 28.4 Å². The molecule has 2 atom stereocenters. The lowest BCUT2D eigenvalue weighted by Crippen LogP contribution is -2.38. The zero-order valence-electron chi connectivity index (χ0n) is 13.7. The number of carbonyl (C=O) groups excluding carboxylic acids is 1. The predicted molar refractivity (Wildman–Crippen MR) is 96.0 cm³/mol. The van der Waals surface area contributed by atoms with E-state index in [4.69, 9.17) is 4.74 Å². The van der Waals surface area contributed by atoms with Crippen molar-refractivity contribution in [2.45, 2.75) is 12.1 Å². The van der Waals surface area contributed by atoms with E-state index in [1.807, 2.05) is 42.5 Å². The predicted octanol–water partition coefficient (Wildman–Crippen LogP) is 2.31. The molecule has 7 heteroatoms. The van der Waals surface area contributed by atoms with E-state index in [0.29, 0.717) is 17.1 Å². The summed E-state index contributed by atoms with van der Waals surface area (Å²) in [5.74, 6) is 0.489. The van der Waals surface area contributed by atoms with Gasteiger partial charge < -0.3 is 4.74 Å². The summed E-state index contributed by atoms with van der Waals surface area (Å²) in [6.07, 6.45) is 0. The summed E-state index contributed by atoms with van der Waals surface area (Å²) in [6.45, 7) is 0. The van der Waals surface area contributed by atoms with Crippen molar-refractivity contribution in [2.24, 2.45) is 0 Å². The summed E-state index contributed by atoms with van der Waals surface area (Å²) in [5, 5.41) is 0. The molecular weight excluding hydrogens is 340 g/mol. The molecule has 2 amide bonds. The van der Waals surface area contributed by atoms with E-state index in [-0.39, 0.29) is 17.5 Å². The summed E-state index contributed by atoms with van der Waals surface area (Å²) in [7, 11) is -1.67. The van der Waals surface area contributed by atoms with Gasteiger partial charge in [-0.25, -0.2) is 13.2 Å². The zero-order chi connectivity index (χ0) is 17.6. The van der Waals surface area contributed by atoms with Crippen LogP contribution in [0.2, 0.25) is 0 Å². The Kier molecular flexibility index (Phi) is 3.68. The molecular formula is C18H18N2O4S. The maximum atomic E-state index is 13.2. The molecule has 0 aromatic heterocycles. The standard InChI is InChI=1S/C18H18N2O4S/c1-24-17-10-6-5-9-14(17)20-16-12-25(22,23)11-15(16)19(18(20)21)13-7-3-2-4-8-13/h2-10,15-16H,11-12H2,1H3/t15-,16-/m0/s1. The monoisotopic (exact) mass is 358 g/mol. The quantitative estimate of drug-likeness (QED) is 0.790. The number of rotatable bonds is 3. The maximum Gasteiger partial charge on any atom is 0.329 e. The van der Waals surface area contributed by atoms with Crippen LogP contribution in [0.4, 0.5) is 16.2 Å². The number of para-hydroxylation sites is 3. The summed E-state index contributed by atoms with van der Waals surface area (Å²) in [6, 6.07) is 15.3. The van der Waals surface area contributed by atoms with Crippen molar-refractivity contribution in [3.8, 4) is 5.75 Å². The number of carbonyl (C=O) groups is 1. The van der Waals surface area contributed by atoms with E-state index >= 15 is 0 Å². The van der Waals surface area contributed by atoms with Crippen LogP contribution in [0.5, 0.6) is 5.75 Å². The number of amides is 2. The molecule has 2 aromatic carbocycles. The topological polar surface area (TPSA) is 66.9 Å². The molecule has 0 radical (unpaired) electrons. The van der Waals surface area contributed by atoms with Crippen LogP contribution in [0.15, 0.2) is 54.6 Å². The lowest BCUT2D eigenvalue weighted by Gasteiger charge is -2.24. The number of fused-ring (bicyclic) bond motifs is 1. The second-order valence-corrected chi connectivity index (χ2v) is 8.40. The van der Waals surface area contributed by atoms with Crippen molar-refractivity contribution < 1.29 is 17.9 Å². The van der Waals surface area contributed by atoms with E-state index in [1.165, 1.54) is 7.11 Å². The van der Waals surface area contributed by atoms with Gasteiger partial charge in [-0.05, 0) is 24.3 Å². The van der Waals surface area contributed by atoms with Crippen LogP contribution in [-0.2, 0) is 9.84 Å². The van der Waals surface area contributed by atoms with E-state index < -0.39 is 21.9 Å². The van der Waals surface area contributed by atoms with E-state index in [0.717, 1.165) is 0 Å². The van der Waals surface area contributed by atoms with Gasteiger partial charge in [-0.2, -0.15) is 0 Å². The second-order valence-electron chi connectivity index (χ2n) is 6.24. The van der Waals surface area contributed by atoms with Gasteiger partial charge in [0.25, 0.3) is 0 Å². The average molecular weight is 358 g/mol. The first-order valence-corrected chi connectivity index (χ1v) is 9.85. The number of ether oxygens (including phenoxy) is 1. The number of hydrogen-bond acceptors (Lipinski definition) is 4. The van der Waals surface area contributed by atoms with Crippen LogP contribution < -0.4 is 14.5 Å². The van der Waals surface area contributed by atoms with Crippen molar-refractivity contribution in [1.82, 2.24) is 0 Å². The van der Waals surface area contributed by atoms with Crippen LogP contribution in [0.3, 0.4) is 0 Å². The molecule has 0 N–H and O–H groups in total. The van der Waals surface area contributed by atoms with Gasteiger partial charge in [0.05, 0.1) is 36.4 Å². The molecule has 0 spiro atoms. The number of nitrogens with zero attached hydrogens (tertiary/aromatic N) is 2. The number of benzene rings is 2. The third-order valence-corrected chi connectivity index (χ3v) is 6.45. The molecule has 0 saturated carbocycles. The number of urea groups is 1.